The highest BCUT2D eigenvalue weighted by molar-refractivity contribution is 7.99. The highest BCUT2D eigenvalue weighted by atomic mass is 32.2. The van der Waals surface area contributed by atoms with Crippen LogP contribution in [0.5, 0.6) is 0 Å². The van der Waals surface area contributed by atoms with Crippen LogP contribution in [0.3, 0.4) is 0 Å². The molecule has 0 aliphatic heterocycles. The van der Waals surface area contributed by atoms with Crippen LogP contribution in [0.1, 0.15) is 50.4 Å². The van der Waals surface area contributed by atoms with Crippen LogP contribution in [0.25, 0.3) is 11.4 Å². The van der Waals surface area contributed by atoms with E-state index in [2.05, 4.69) is 25.7 Å². The summed E-state index contributed by atoms with van der Waals surface area (Å²) >= 11 is 1.35. The number of para-hydroxylation sites is 1. The average Bonchev–Trinajstić information content (AvgIpc) is 3.43. The van der Waals surface area contributed by atoms with Crippen molar-refractivity contribution in [3.63, 3.8) is 0 Å². The van der Waals surface area contributed by atoms with Crippen LogP contribution in [0.4, 0.5) is 0 Å². The molecule has 3 aromatic heterocycles. The molecule has 11 heteroatoms. The summed E-state index contributed by atoms with van der Waals surface area (Å²) in [5.74, 6) is 1.12. The predicted octanol–water partition coefficient (Wildman–Crippen LogP) is 2.99. The predicted molar refractivity (Wildman–Crippen MR) is 116 cm³/mol. The van der Waals surface area contributed by atoms with Crippen molar-refractivity contribution in [3.8, 4) is 11.4 Å². The van der Waals surface area contributed by atoms with E-state index in [0.29, 0.717) is 22.6 Å². The fraction of sp³-hybridized carbons (Fsp3) is 0.400. The molecule has 31 heavy (non-hydrogen) atoms. The molecule has 0 aliphatic rings. The lowest BCUT2D eigenvalue weighted by Crippen LogP contribution is -2.22. The van der Waals surface area contributed by atoms with Crippen molar-refractivity contribution in [2.45, 2.75) is 50.4 Å². The standard InChI is InChI=1S/C20H24N8O2S/c1-12-15(17(29)28(26(12)6)14-10-8-7-9-11-14)27-19(22-24-25-27)31-13(2)16-21-18(23-30-16)20(3,4)5/h7-11,13H,1-6H3. The topological polar surface area (TPSA) is 109 Å². The summed E-state index contributed by atoms with van der Waals surface area (Å²) in [6.45, 7) is 9.87. The molecular formula is C20H24N8O2S. The van der Waals surface area contributed by atoms with E-state index in [4.69, 9.17) is 4.52 Å². The van der Waals surface area contributed by atoms with Crippen molar-refractivity contribution in [2.75, 3.05) is 0 Å². The van der Waals surface area contributed by atoms with E-state index < -0.39 is 0 Å². The molecule has 3 heterocycles. The lowest BCUT2D eigenvalue weighted by atomic mass is 9.96. The number of thioether (sulfide) groups is 1. The molecule has 4 rings (SSSR count). The minimum atomic E-state index is -0.211. The largest absolute Gasteiger partial charge is 0.338 e. The van der Waals surface area contributed by atoms with Crippen molar-refractivity contribution < 1.29 is 4.52 Å². The fourth-order valence-electron chi connectivity index (χ4n) is 3.10. The van der Waals surface area contributed by atoms with E-state index in [1.807, 2.05) is 72.0 Å². The zero-order valence-corrected chi connectivity index (χ0v) is 19.1. The Morgan fingerprint density at radius 3 is 2.52 bits per heavy atom. The van der Waals surface area contributed by atoms with Gasteiger partial charge >= 0.3 is 0 Å². The molecule has 0 amide bonds. The number of hydrogen-bond donors (Lipinski definition) is 0. The summed E-state index contributed by atoms with van der Waals surface area (Å²) in [5.41, 5.74) is 1.48. The van der Waals surface area contributed by atoms with Crippen LogP contribution >= 0.6 is 11.8 Å². The second-order valence-corrected chi connectivity index (χ2v) is 9.56. The number of benzene rings is 1. The molecule has 0 saturated heterocycles. The maximum absolute atomic E-state index is 13.3. The summed E-state index contributed by atoms with van der Waals surface area (Å²) in [7, 11) is 1.83. The van der Waals surface area contributed by atoms with Crippen LogP contribution in [0, 0.1) is 6.92 Å². The first-order chi connectivity index (χ1) is 14.7. The second kappa shape index (κ2) is 7.80. The number of aromatic nitrogens is 8. The Morgan fingerprint density at radius 2 is 1.87 bits per heavy atom. The van der Waals surface area contributed by atoms with Gasteiger partial charge in [-0.15, -0.1) is 5.10 Å². The molecule has 1 aromatic carbocycles. The van der Waals surface area contributed by atoms with Gasteiger partial charge in [-0.1, -0.05) is 55.9 Å². The Labute approximate surface area is 183 Å². The first-order valence-electron chi connectivity index (χ1n) is 9.82. The van der Waals surface area contributed by atoms with Gasteiger partial charge in [-0.3, -0.25) is 9.48 Å². The van der Waals surface area contributed by atoms with Gasteiger partial charge in [-0.25, -0.2) is 4.68 Å². The molecule has 0 radical (unpaired) electrons. The summed E-state index contributed by atoms with van der Waals surface area (Å²) in [5, 5.41) is 16.4. The number of rotatable bonds is 5. The third-order valence-electron chi connectivity index (χ3n) is 4.92. The van der Waals surface area contributed by atoms with Crippen LogP contribution in [0.15, 0.2) is 44.8 Å². The highest BCUT2D eigenvalue weighted by Crippen LogP contribution is 2.34. The van der Waals surface area contributed by atoms with E-state index in [1.165, 1.54) is 16.4 Å². The lowest BCUT2D eigenvalue weighted by molar-refractivity contribution is 0.364. The molecule has 4 aromatic rings. The van der Waals surface area contributed by atoms with Crippen LogP contribution in [-0.4, -0.2) is 39.7 Å². The quantitative estimate of drug-likeness (QED) is 0.436. The molecule has 1 unspecified atom stereocenters. The minimum Gasteiger partial charge on any atom is -0.338 e. The van der Waals surface area contributed by atoms with E-state index >= 15 is 0 Å². The van der Waals surface area contributed by atoms with Gasteiger partial charge in [-0.2, -0.15) is 9.67 Å². The van der Waals surface area contributed by atoms with E-state index in [-0.39, 0.29) is 16.2 Å². The fourth-order valence-corrected chi connectivity index (χ4v) is 3.93. The normalized spacial score (nSPS) is 13.0. The summed E-state index contributed by atoms with van der Waals surface area (Å²) in [6.07, 6.45) is 0. The summed E-state index contributed by atoms with van der Waals surface area (Å²) in [4.78, 5) is 17.8. The molecule has 0 saturated carbocycles. The average molecular weight is 441 g/mol. The van der Waals surface area contributed by atoms with Gasteiger partial charge in [0.15, 0.2) is 11.5 Å². The van der Waals surface area contributed by atoms with Crippen molar-refractivity contribution in [1.29, 1.82) is 0 Å². The van der Waals surface area contributed by atoms with Gasteiger partial charge in [0.2, 0.25) is 11.0 Å². The molecular weight excluding hydrogens is 416 g/mol. The molecule has 10 nitrogen and oxygen atoms in total. The summed E-state index contributed by atoms with van der Waals surface area (Å²) < 4.78 is 10.3. The van der Waals surface area contributed by atoms with Gasteiger partial charge in [-0.05, 0) is 36.4 Å². The third-order valence-corrected chi connectivity index (χ3v) is 5.94. The van der Waals surface area contributed by atoms with Crippen molar-refractivity contribution >= 4 is 11.8 Å². The maximum atomic E-state index is 13.3. The number of tetrazole rings is 1. The van der Waals surface area contributed by atoms with Crippen molar-refractivity contribution in [3.05, 3.63) is 58.1 Å². The number of hydrogen-bond acceptors (Lipinski definition) is 8. The Hall–Kier alpha value is -3.21. The Balaban J connectivity index is 1.70. The molecule has 0 N–H and O–H groups in total. The van der Waals surface area contributed by atoms with E-state index in [9.17, 15) is 4.79 Å². The third kappa shape index (κ3) is 3.80. The first-order valence-corrected chi connectivity index (χ1v) is 10.7. The van der Waals surface area contributed by atoms with Crippen LogP contribution < -0.4 is 5.56 Å². The molecule has 162 valence electrons. The maximum Gasteiger partial charge on any atom is 0.297 e. The molecule has 0 aliphatic carbocycles. The van der Waals surface area contributed by atoms with E-state index in [1.54, 1.807) is 9.36 Å². The molecule has 0 fully saturated rings. The van der Waals surface area contributed by atoms with Gasteiger partial charge in [0.1, 0.15) is 0 Å². The van der Waals surface area contributed by atoms with Crippen LogP contribution in [0.2, 0.25) is 0 Å². The monoisotopic (exact) mass is 440 g/mol. The van der Waals surface area contributed by atoms with Crippen molar-refractivity contribution in [2.24, 2.45) is 7.05 Å². The Morgan fingerprint density at radius 1 is 1.16 bits per heavy atom. The first kappa shape index (κ1) is 21.0. The van der Waals surface area contributed by atoms with Gasteiger partial charge in [0.05, 0.1) is 16.6 Å². The SMILES string of the molecule is Cc1c(-n2nnnc2SC(C)c2nc(C(C)(C)C)no2)c(=O)n(-c2ccccc2)n1C. The number of nitrogens with zero attached hydrogens (tertiary/aromatic N) is 8. The zero-order valence-electron chi connectivity index (χ0n) is 18.3. The van der Waals surface area contributed by atoms with Gasteiger partial charge in [0.25, 0.3) is 5.56 Å². The Bertz CT molecular complexity index is 1260. The lowest BCUT2D eigenvalue weighted by Gasteiger charge is -2.11. The zero-order chi connectivity index (χ0) is 22.3. The minimum absolute atomic E-state index is 0.200. The Kier molecular flexibility index (Phi) is 5.29. The molecule has 0 spiro atoms. The van der Waals surface area contributed by atoms with E-state index in [0.717, 1.165) is 11.4 Å². The van der Waals surface area contributed by atoms with Gasteiger partial charge < -0.3 is 4.52 Å². The van der Waals surface area contributed by atoms with Crippen LogP contribution in [-0.2, 0) is 12.5 Å². The smallest absolute Gasteiger partial charge is 0.297 e. The highest BCUT2D eigenvalue weighted by Gasteiger charge is 2.27. The van der Waals surface area contributed by atoms with Gasteiger partial charge in [0, 0.05) is 12.5 Å². The molecule has 0 bridgehead atoms. The second-order valence-electron chi connectivity index (χ2n) is 8.25. The molecule has 1 atom stereocenters. The van der Waals surface area contributed by atoms with Crippen molar-refractivity contribution in [1.82, 2.24) is 39.7 Å². The summed E-state index contributed by atoms with van der Waals surface area (Å²) in [6, 6.07) is 9.44.